The van der Waals surface area contributed by atoms with E-state index in [1.54, 1.807) is 0 Å². The summed E-state index contributed by atoms with van der Waals surface area (Å²) in [5, 5.41) is 8.99. The molecule has 0 heterocycles. The van der Waals surface area contributed by atoms with Gasteiger partial charge >= 0.3 is 5.97 Å². The molecule has 0 aromatic heterocycles. The Morgan fingerprint density at radius 3 is 2.42 bits per heavy atom. The van der Waals surface area contributed by atoms with Gasteiger partial charge in [-0.15, -0.1) is 11.6 Å². The fraction of sp³-hybridized carbons (Fsp3) is 0.889. The van der Waals surface area contributed by atoms with Crippen LogP contribution in [0.15, 0.2) is 0 Å². The lowest BCUT2D eigenvalue weighted by Crippen LogP contribution is -2.36. The zero-order valence-electron chi connectivity index (χ0n) is 7.35. The van der Waals surface area contributed by atoms with Gasteiger partial charge < -0.3 is 5.11 Å². The van der Waals surface area contributed by atoms with E-state index in [0.29, 0.717) is 5.92 Å². The van der Waals surface area contributed by atoms with Gasteiger partial charge in [0, 0.05) is 5.88 Å². The molecule has 0 spiro atoms. The first-order valence-corrected chi connectivity index (χ1v) is 4.93. The van der Waals surface area contributed by atoms with Gasteiger partial charge in [0.1, 0.15) is 0 Å². The van der Waals surface area contributed by atoms with E-state index < -0.39 is 11.4 Å². The van der Waals surface area contributed by atoms with Crippen LogP contribution in [-0.4, -0.2) is 17.0 Å². The largest absolute Gasteiger partial charge is 0.481 e. The van der Waals surface area contributed by atoms with Crippen molar-refractivity contribution >= 4 is 17.6 Å². The molecule has 12 heavy (non-hydrogen) atoms. The SMILES string of the molecule is CC1CCC(CCl)(C(=O)O)CC1. The third-order valence-corrected chi connectivity index (χ3v) is 3.45. The summed E-state index contributed by atoms with van der Waals surface area (Å²) in [6.45, 7) is 2.17. The first kappa shape index (κ1) is 9.85. The number of hydrogen-bond donors (Lipinski definition) is 1. The number of aliphatic carboxylic acids is 1. The number of carboxylic acids is 1. The molecular formula is C9H15ClO2. The van der Waals surface area contributed by atoms with Gasteiger partial charge in [0.15, 0.2) is 0 Å². The normalized spacial score (nSPS) is 36.3. The van der Waals surface area contributed by atoms with Crippen LogP contribution in [0.3, 0.4) is 0 Å². The molecule has 1 fully saturated rings. The molecule has 2 nitrogen and oxygen atoms in total. The van der Waals surface area contributed by atoms with Crippen molar-refractivity contribution in [2.45, 2.75) is 32.6 Å². The third-order valence-electron chi connectivity index (χ3n) is 2.94. The van der Waals surface area contributed by atoms with Crippen LogP contribution in [0.5, 0.6) is 0 Å². The highest BCUT2D eigenvalue weighted by Crippen LogP contribution is 2.39. The number of carbonyl (C=O) groups is 1. The van der Waals surface area contributed by atoms with Gasteiger partial charge in [-0.1, -0.05) is 6.92 Å². The van der Waals surface area contributed by atoms with Crippen LogP contribution in [-0.2, 0) is 4.79 Å². The van der Waals surface area contributed by atoms with E-state index in [2.05, 4.69) is 6.92 Å². The molecular weight excluding hydrogens is 176 g/mol. The molecule has 0 aromatic rings. The highest BCUT2D eigenvalue weighted by molar-refractivity contribution is 6.19. The minimum Gasteiger partial charge on any atom is -0.481 e. The van der Waals surface area contributed by atoms with Gasteiger partial charge in [0.2, 0.25) is 0 Å². The monoisotopic (exact) mass is 190 g/mol. The summed E-state index contributed by atoms with van der Waals surface area (Å²) in [6.07, 6.45) is 3.48. The van der Waals surface area contributed by atoms with E-state index in [9.17, 15) is 4.79 Å². The zero-order valence-corrected chi connectivity index (χ0v) is 8.10. The minimum atomic E-state index is -0.718. The van der Waals surface area contributed by atoms with Gasteiger partial charge in [-0.3, -0.25) is 4.79 Å². The molecule has 1 saturated carbocycles. The Kier molecular flexibility index (Phi) is 2.99. The highest BCUT2D eigenvalue weighted by Gasteiger charge is 2.40. The molecule has 1 aliphatic carbocycles. The van der Waals surface area contributed by atoms with Crippen molar-refractivity contribution in [3.8, 4) is 0 Å². The predicted molar refractivity (Wildman–Crippen MR) is 48.4 cm³/mol. The van der Waals surface area contributed by atoms with Gasteiger partial charge in [-0.25, -0.2) is 0 Å². The molecule has 0 bridgehead atoms. The number of rotatable bonds is 2. The Bertz CT molecular complexity index is 171. The van der Waals surface area contributed by atoms with Crippen LogP contribution in [0.25, 0.3) is 0 Å². The smallest absolute Gasteiger partial charge is 0.310 e. The number of halogens is 1. The highest BCUT2D eigenvalue weighted by atomic mass is 35.5. The number of hydrogen-bond acceptors (Lipinski definition) is 1. The van der Waals surface area contributed by atoms with E-state index in [1.807, 2.05) is 0 Å². The van der Waals surface area contributed by atoms with Crippen molar-refractivity contribution in [2.24, 2.45) is 11.3 Å². The molecule has 0 radical (unpaired) electrons. The average Bonchev–Trinajstić information content (AvgIpc) is 2.06. The molecule has 1 N–H and O–H groups in total. The Labute approximate surface area is 77.9 Å². The van der Waals surface area contributed by atoms with Gasteiger partial charge in [0.25, 0.3) is 0 Å². The molecule has 1 rings (SSSR count). The lowest BCUT2D eigenvalue weighted by molar-refractivity contribution is -0.149. The third kappa shape index (κ3) is 1.74. The van der Waals surface area contributed by atoms with Crippen molar-refractivity contribution in [1.29, 1.82) is 0 Å². The summed E-state index contributed by atoms with van der Waals surface area (Å²) in [5.74, 6) is 0.208. The first-order valence-electron chi connectivity index (χ1n) is 4.40. The minimum absolute atomic E-state index is 0.259. The second kappa shape index (κ2) is 3.65. The first-order chi connectivity index (χ1) is 5.60. The standard InChI is InChI=1S/C9H15ClO2/c1-7-2-4-9(6-10,5-3-7)8(11)12/h7H,2-6H2,1H3,(H,11,12). The molecule has 0 amide bonds. The fourth-order valence-corrected chi connectivity index (χ4v) is 2.10. The molecule has 3 heteroatoms. The van der Waals surface area contributed by atoms with Crippen LogP contribution in [0.4, 0.5) is 0 Å². The van der Waals surface area contributed by atoms with Crippen molar-refractivity contribution in [3.63, 3.8) is 0 Å². The van der Waals surface area contributed by atoms with Gasteiger partial charge in [-0.2, -0.15) is 0 Å². The second-order valence-electron chi connectivity index (χ2n) is 3.90. The molecule has 0 aromatic carbocycles. The Morgan fingerprint density at radius 1 is 1.58 bits per heavy atom. The van der Waals surface area contributed by atoms with Crippen LogP contribution < -0.4 is 0 Å². The molecule has 1 aliphatic rings. The quantitative estimate of drug-likeness (QED) is 0.680. The molecule has 0 saturated heterocycles. The number of alkyl halides is 1. The van der Waals surface area contributed by atoms with Crippen molar-refractivity contribution in [3.05, 3.63) is 0 Å². The lowest BCUT2D eigenvalue weighted by Gasteiger charge is -2.33. The van der Waals surface area contributed by atoms with Crippen LogP contribution in [0.2, 0.25) is 0 Å². The molecule has 0 unspecified atom stereocenters. The van der Waals surface area contributed by atoms with Gasteiger partial charge in [-0.05, 0) is 31.6 Å². The molecule has 0 aliphatic heterocycles. The summed E-state index contributed by atoms with van der Waals surface area (Å²) in [4.78, 5) is 10.9. The predicted octanol–water partition coefficient (Wildman–Crippen LogP) is 2.51. The average molecular weight is 191 g/mol. The maximum atomic E-state index is 10.9. The van der Waals surface area contributed by atoms with E-state index in [1.165, 1.54) is 0 Å². The van der Waals surface area contributed by atoms with Gasteiger partial charge in [0.05, 0.1) is 5.41 Å². The Balaban J connectivity index is 2.63. The van der Waals surface area contributed by atoms with Crippen molar-refractivity contribution in [2.75, 3.05) is 5.88 Å². The Hall–Kier alpha value is -0.240. The van der Waals surface area contributed by atoms with E-state index in [4.69, 9.17) is 16.7 Å². The van der Waals surface area contributed by atoms with Crippen LogP contribution in [0, 0.1) is 11.3 Å². The number of carboxylic acid groups (broad SMARTS) is 1. The Morgan fingerprint density at radius 2 is 2.08 bits per heavy atom. The van der Waals surface area contributed by atoms with Crippen molar-refractivity contribution in [1.82, 2.24) is 0 Å². The zero-order chi connectivity index (χ0) is 9.19. The summed E-state index contributed by atoms with van der Waals surface area (Å²) in [6, 6.07) is 0. The van der Waals surface area contributed by atoms with Crippen LogP contribution in [0.1, 0.15) is 32.6 Å². The second-order valence-corrected chi connectivity index (χ2v) is 4.17. The fourth-order valence-electron chi connectivity index (χ4n) is 1.72. The van der Waals surface area contributed by atoms with Crippen molar-refractivity contribution < 1.29 is 9.90 Å². The maximum Gasteiger partial charge on any atom is 0.310 e. The summed E-state index contributed by atoms with van der Waals surface area (Å²) in [7, 11) is 0. The van der Waals surface area contributed by atoms with E-state index in [-0.39, 0.29) is 5.88 Å². The summed E-state index contributed by atoms with van der Waals surface area (Å²) >= 11 is 5.70. The van der Waals surface area contributed by atoms with Crippen LogP contribution >= 0.6 is 11.6 Å². The van der Waals surface area contributed by atoms with E-state index >= 15 is 0 Å². The lowest BCUT2D eigenvalue weighted by atomic mass is 9.72. The molecule has 70 valence electrons. The maximum absolute atomic E-state index is 10.9. The van der Waals surface area contributed by atoms with E-state index in [0.717, 1.165) is 25.7 Å². The summed E-state index contributed by atoms with van der Waals surface area (Å²) < 4.78 is 0. The topological polar surface area (TPSA) is 37.3 Å². The summed E-state index contributed by atoms with van der Waals surface area (Å²) in [5.41, 5.74) is -0.617. The molecule has 0 atom stereocenters.